The zero-order valence-corrected chi connectivity index (χ0v) is 29.7. The monoisotopic (exact) mass is 643 g/mol. The van der Waals surface area contributed by atoms with E-state index in [9.17, 15) is 9.59 Å². The minimum absolute atomic E-state index is 0.126. The Balaban J connectivity index is 1.08. The molecule has 0 N–H and O–H groups in total. The fourth-order valence-electron chi connectivity index (χ4n) is 9.19. The number of esters is 1. The van der Waals surface area contributed by atoms with Gasteiger partial charge in [-0.05, 0) is 118 Å². The number of ketones is 1. The van der Waals surface area contributed by atoms with Crippen LogP contribution >= 0.6 is 0 Å². The normalized spacial score (nSPS) is 25.0. The highest BCUT2D eigenvalue weighted by Gasteiger charge is 2.56. The van der Waals surface area contributed by atoms with Crippen molar-refractivity contribution in [1.29, 1.82) is 0 Å². The first-order valence-electron chi connectivity index (χ1n) is 19.1. The van der Waals surface area contributed by atoms with Gasteiger partial charge in [0.25, 0.3) is 0 Å². The highest BCUT2D eigenvalue weighted by molar-refractivity contribution is 5.91. The Bertz CT molecular complexity index is 1280. The first-order valence-corrected chi connectivity index (χ1v) is 19.1. The van der Waals surface area contributed by atoms with Crippen molar-refractivity contribution in [2.45, 2.75) is 129 Å². The van der Waals surface area contributed by atoms with Crippen molar-refractivity contribution in [1.82, 2.24) is 4.90 Å². The van der Waals surface area contributed by atoms with Crippen molar-refractivity contribution >= 4 is 11.8 Å². The number of fused-ring (bicyclic) bond motifs is 5. The number of carbonyl (C=O) groups is 2. The molecule has 0 radical (unpaired) electrons. The topological polar surface area (TPSA) is 55.8 Å². The van der Waals surface area contributed by atoms with Crippen molar-refractivity contribution in [3.63, 3.8) is 0 Å². The molecule has 2 saturated carbocycles. The third-order valence-corrected chi connectivity index (χ3v) is 11.9. The summed E-state index contributed by atoms with van der Waals surface area (Å²) in [5.74, 6) is 3.06. The van der Waals surface area contributed by atoms with Crippen molar-refractivity contribution in [3.8, 4) is 5.75 Å². The van der Waals surface area contributed by atoms with Gasteiger partial charge in [-0.1, -0.05) is 95.9 Å². The molecule has 0 aliphatic heterocycles. The molecule has 5 atom stereocenters. The lowest BCUT2D eigenvalue weighted by atomic mass is 9.52. The molecular weight excluding hydrogens is 582 g/mol. The lowest BCUT2D eigenvalue weighted by Crippen LogP contribution is -2.46. The Morgan fingerprint density at radius 2 is 1.64 bits per heavy atom. The summed E-state index contributed by atoms with van der Waals surface area (Å²) < 4.78 is 11.7. The first-order chi connectivity index (χ1) is 22.9. The Labute approximate surface area is 285 Å². The zero-order valence-electron chi connectivity index (χ0n) is 29.7. The van der Waals surface area contributed by atoms with Crippen LogP contribution in [0.5, 0.6) is 5.75 Å². The van der Waals surface area contributed by atoms with Gasteiger partial charge in [0.15, 0.2) is 0 Å². The second-order valence-electron chi connectivity index (χ2n) is 15.2. The lowest BCUT2D eigenvalue weighted by Gasteiger charge is -2.51. The molecule has 3 aliphatic rings. The summed E-state index contributed by atoms with van der Waals surface area (Å²) >= 11 is 0. The molecule has 5 rings (SSSR count). The molecule has 5 nitrogen and oxygen atoms in total. The maximum atomic E-state index is 13.1. The van der Waals surface area contributed by atoms with Gasteiger partial charge in [0, 0.05) is 18.4 Å². The van der Waals surface area contributed by atoms with Gasteiger partial charge in [-0.25, -0.2) is 4.79 Å². The van der Waals surface area contributed by atoms with Gasteiger partial charge in [-0.15, -0.1) is 0 Å². The predicted octanol–water partition coefficient (Wildman–Crippen LogP) is 10.2. The van der Waals surface area contributed by atoms with Crippen LogP contribution in [-0.2, 0) is 16.0 Å². The van der Waals surface area contributed by atoms with Crippen LogP contribution in [0.2, 0.25) is 0 Å². The van der Waals surface area contributed by atoms with Crippen LogP contribution in [0.15, 0.2) is 48.5 Å². The summed E-state index contributed by atoms with van der Waals surface area (Å²) in [5.41, 5.74) is 3.25. The second-order valence-corrected chi connectivity index (χ2v) is 15.2. The third-order valence-electron chi connectivity index (χ3n) is 11.9. The van der Waals surface area contributed by atoms with E-state index in [4.69, 9.17) is 9.47 Å². The number of carbonyl (C=O) groups excluding carboxylic acids is 2. The van der Waals surface area contributed by atoms with Crippen LogP contribution in [0.3, 0.4) is 0 Å². The molecule has 2 aromatic carbocycles. The highest BCUT2D eigenvalue weighted by Crippen LogP contribution is 2.61. The molecule has 0 spiro atoms. The maximum Gasteiger partial charge on any atom is 0.343 e. The number of ether oxygens (including phenoxy) is 2. The predicted molar refractivity (Wildman–Crippen MR) is 191 cm³/mol. The summed E-state index contributed by atoms with van der Waals surface area (Å²) in [6.45, 7) is 7.29. The van der Waals surface area contributed by atoms with Crippen molar-refractivity contribution in [3.05, 3.63) is 65.2 Å². The van der Waals surface area contributed by atoms with Crippen molar-refractivity contribution < 1.29 is 19.1 Å². The summed E-state index contributed by atoms with van der Waals surface area (Å²) in [5, 5.41) is 0. The number of Topliss-reactive ketones (excluding diaryl/α,β-unsaturated/α-hetero) is 1. The van der Waals surface area contributed by atoms with E-state index in [0.29, 0.717) is 40.8 Å². The average Bonchev–Trinajstić information content (AvgIpc) is 3.39. The first kappa shape index (κ1) is 35.8. The van der Waals surface area contributed by atoms with Crippen LogP contribution in [0, 0.1) is 23.2 Å². The zero-order chi connectivity index (χ0) is 33.1. The quantitative estimate of drug-likeness (QED) is 0.0660. The molecule has 2 fully saturated rings. The van der Waals surface area contributed by atoms with E-state index in [-0.39, 0.29) is 11.4 Å². The fourth-order valence-corrected chi connectivity index (χ4v) is 9.19. The smallest absolute Gasteiger partial charge is 0.343 e. The number of rotatable bonds is 19. The molecule has 0 aromatic heterocycles. The molecule has 2 aromatic rings. The Morgan fingerprint density at radius 3 is 2.38 bits per heavy atom. The lowest BCUT2D eigenvalue weighted by molar-refractivity contribution is -0.130. The van der Waals surface area contributed by atoms with Crippen LogP contribution in [0.25, 0.3) is 0 Å². The standard InChI is InChI=1S/C42H61NO4/c1-4-5-27-43(3)31-46-28-17-12-10-8-6-7-9-11-14-20-33-29-34-30-35(47-41(45)32-18-15-13-16-19-32)21-22-36(34)37-25-26-42(2)38(40(33)37)23-24-39(42)44/h13,15-16,18-19,21-22,30,33,37-38,40H,4-12,14,17,20,23-29,31H2,1-3H3/t33-,37?,38?,40?,42+/m1/s1. The summed E-state index contributed by atoms with van der Waals surface area (Å²) in [6.07, 6.45) is 20.4. The largest absolute Gasteiger partial charge is 0.423 e. The molecule has 3 unspecified atom stereocenters. The van der Waals surface area contributed by atoms with Crippen LogP contribution in [0.1, 0.15) is 144 Å². The van der Waals surface area contributed by atoms with Gasteiger partial charge in [-0.3, -0.25) is 9.69 Å². The number of nitrogens with zero attached hydrogens (tertiary/aromatic N) is 1. The molecule has 3 aliphatic carbocycles. The SMILES string of the molecule is CCCCN(C)COCCCCCCCCCCC[C@@H]1Cc2cc(OC(=O)c3ccccc3)ccc2C2CC[C@]3(C)C(=O)CCC3C21. The molecule has 5 heteroatoms. The highest BCUT2D eigenvalue weighted by atomic mass is 16.5. The molecular formula is C42H61NO4. The minimum atomic E-state index is -0.302. The number of unbranched alkanes of at least 4 members (excludes halogenated alkanes) is 9. The third kappa shape index (κ3) is 9.35. The van der Waals surface area contributed by atoms with Crippen LogP contribution in [-0.4, -0.2) is 43.6 Å². The van der Waals surface area contributed by atoms with E-state index in [1.807, 2.05) is 24.3 Å². The van der Waals surface area contributed by atoms with Gasteiger partial charge in [-0.2, -0.15) is 0 Å². The molecule has 0 bridgehead atoms. The van der Waals surface area contributed by atoms with Crippen molar-refractivity contribution in [2.75, 3.05) is 26.9 Å². The van der Waals surface area contributed by atoms with E-state index in [1.165, 1.54) is 88.2 Å². The van der Waals surface area contributed by atoms with E-state index in [1.54, 1.807) is 12.1 Å². The summed E-state index contributed by atoms with van der Waals surface area (Å²) in [7, 11) is 2.15. The minimum Gasteiger partial charge on any atom is -0.423 e. The van der Waals surface area contributed by atoms with Crippen LogP contribution in [0.4, 0.5) is 0 Å². The Kier molecular flexibility index (Phi) is 13.5. The van der Waals surface area contributed by atoms with Gasteiger partial charge >= 0.3 is 5.97 Å². The van der Waals surface area contributed by atoms with Gasteiger partial charge in [0.05, 0.1) is 12.3 Å². The Hall–Kier alpha value is -2.50. The van der Waals surface area contributed by atoms with E-state index in [0.717, 1.165) is 52.0 Å². The van der Waals surface area contributed by atoms with Gasteiger partial charge in [0.2, 0.25) is 0 Å². The number of hydrogen-bond acceptors (Lipinski definition) is 5. The molecule has 258 valence electrons. The van der Waals surface area contributed by atoms with Gasteiger partial charge < -0.3 is 9.47 Å². The molecule has 0 amide bonds. The number of benzene rings is 2. The fraction of sp³-hybridized carbons (Fsp3) is 0.667. The van der Waals surface area contributed by atoms with E-state index in [2.05, 4.69) is 37.9 Å². The summed E-state index contributed by atoms with van der Waals surface area (Å²) in [6, 6.07) is 15.6. The van der Waals surface area contributed by atoms with E-state index >= 15 is 0 Å². The van der Waals surface area contributed by atoms with Gasteiger partial charge in [0.1, 0.15) is 11.5 Å². The molecule has 47 heavy (non-hydrogen) atoms. The maximum absolute atomic E-state index is 13.1. The van der Waals surface area contributed by atoms with E-state index < -0.39 is 0 Å². The summed E-state index contributed by atoms with van der Waals surface area (Å²) in [4.78, 5) is 28.2. The molecule has 0 heterocycles. The average molecular weight is 644 g/mol. The molecule has 0 saturated heterocycles. The van der Waals surface area contributed by atoms with Crippen molar-refractivity contribution in [2.24, 2.45) is 23.2 Å². The Morgan fingerprint density at radius 1 is 0.915 bits per heavy atom. The number of hydrogen-bond donors (Lipinski definition) is 0. The van der Waals surface area contributed by atoms with Crippen LogP contribution < -0.4 is 4.74 Å². The second kappa shape index (κ2) is 17.8.